The lowest BCUT2D eigenvalue weighted by atomic mass is 10.1. The van der Waals surface area contributed by atoms with Gasteiger partial charge in [-0.05, 0) is 25.1 Å². The maximum Gasteiger partial charge on any atom is 0.341 e. The molecule has 0 bridgehead atoms. The molecule has 0 saturated heterocycles. The molecular weight excluding hydrogens is 249 g/mol. The first-order chi connectivity index (χ1) is 8.00. The molecule has 0 aliphatic carbocycles. The molecule has 2 rings (SSSR count). The van der Waals surface area contributed by atoms with Crippen molar-refractivity contribution in [3.8, 4) is 11.3 Å². The van der Waals surface area contributed by atoms with Crippen molar-refractivity contribution in [2.24, 2.45) is 0 Å². The number of nitrogens with zero attached hydrogens (tertiary/aromatic N) is 1. The van der Waals surface area contributed by atoms with Crippen LogP contribution in [-0.4, -0.2) is 16.2 Å². The normalized spacial score (nSPS) is 10.5. The summed E-state index contributed by atoms with van der Waals surface area (Å²) in [7, 11) is 0. The van der Waals surface area contributed by atoms with Gasteiger partial charge >= 0.3 is 5.97 Å². The van der Waals surface area contributed by atoms with Crippen LogP contribution >= 0.6 is 11.6 Å². The minimum Gasteiger partial charge on any atom is -0.477 e. The Hall–Kier alpha value is -1.88. The topological polar surface area (TPSA) is 63.3 Å². The monoisotopic (exact) mass is 255 g/mol. The molecule has 6 heteroatoms. The number of aromatic carboxylic acids is 1. The van der Waals surface area contributed by atoms with Crippen molar-refractivity contribution >= 4 is 17.6 Å². The molecule has 2 aromatic rings. The van der Waals surface area contributed by atoms with E-state index in [9.17, 15) is 9.18 Å². The number of aromatic nitrogens is 1. The molecule has 0 aliphatic heterocycles. The van der Waals surface area contributed by atoms with Crippen LogP contribution in [0.1, 0.15) is 16.1 Å². The summed E-state index contributed by atoms with van der Waals surface area (Å²) in [6.07, 6.45) is 0. The van der Waals surface area contributed by atoms with E-state index in [1.165, 1.54) is 19.1 Å². The fraction of sp³-hybridized carbons (Fsp3) is 0.0909. The first-order valence-corrected chi connectivity index (χ1v) is 5.03. The molecule has 1 N–H and O–H groups in total. The van der Waals surface area contributed by atoms with E-state index in [0.717, 1.165) is 6.07 Å². The van der Waals surface area contributed by atoms with Gasteiger partial charge in [0, 0.05) is 10.6 Å². The Morgan fingerprint density at radius 1 is 1.53 bits per heavy atom. The fourth-order valence-electron chi connectivity index (χ4n) is 1.49. The van der Waals surface area contributed by atoms with Crippen LogP contribution in [0.5, 0.6) is 0 Å². The summed E-state index contributed by atoms with van der Waals surface area (Å²) < 4.78 is 18.4. The van der Waals surface area contributed by atoms with Gasteiger partial charge in [0.2, 0.25) is 0 Å². The van der Waals surface area contributed by atoms with Crippen molar-refractivity contribution in [2.45, 2.75) is 6.92 Å². The maximum atomic E-state index is 13.6. The predicted octanol–water partition coefficient (Wildman–Crippen LogP) is 3.14. The standard InChI is InChI=1S/C11H7ClFNO3/c1-5-9(11(15)16)10(14-17-5)7-3-2-6(12)4-8(7)13/h2-4H,1H3,(H,15,16). The van der Waals surface area contributed by atoms with Crippen molar-refractivity contribution in [2.75, 3.05) is 0 Å². The highest BCUT2D eigenvalue weighted by Crippen LogP contribution is 2.28. The zero-order chi connectivity index (χ0) is 12.6. The SMILES string of the molecule is Cc1onc(-c2ccc(Cl)cc2F)c1C(=O)O. The number of aryl methyl sites for hydroxylation is 1. The molecule has 0 unspecified atom stereocenters. The van der Waals surface area contributed by atoms with Gasteiger partial charge in [0.15, 0.2) is 0 Å². The summed E-state index contributed by atoms with van der Waals surface area (Å²) in [5.41, 5.74) is -0.140. The molecular formula is C11H7ClFNO3. The Morgan fingerprint density at radius 3 is 2.82 bits per heavy atom. The molecule has 0 saturated carbocycles. The van der Waals surface area contributed by atoms with E-state index in [1.54, 1.807) is 0 Å². The molecule has 0 fully saturated rings. The van der Waals surface area contributed by atoms with Gasteiger partial charge in [-0.15, -0.1) is 0 Å². The Labute approximate surface area is 101 Å². The van der Waals surface area contributed by atoms with Gasteiger partial charge in [0.25, 0.3) is 0 Å². The lowest BCUT2D eigenvalue weighted by Gasteiger charge is -2.00. The van der Waals surface area contributed by atoms with Crippen LogP contribution in [-0.2, 0) is 0 Å². The summed E-state index contributed by atoms with van der Waals surface area (Å²) in [5.74, 6) is -1.73. The molecule has 0 amide bonds. The van der Waals surface area contributed by atoms with E-state index >= 15 is 0 Å². The van der Waals surface area contributed by atoms with Gasteiger partial charge in [-0.1, -0.05) is 16.8 Å². The predicted molar refractivity (Wildman–Crippen MR) is 58.6 cm³/mol. The summed E-state index contributed by atoms with van der Waals surface area (Å²) in [6.45, 7) is 1.45. The number of carboxylic acid groups (broad SMARTS) is 1. The maximum absolute atomic E-state index is 13.6. The highest BCUT2D eigenvalue weighted by molar-refractivity contribution is 6.30. The summed E-state index contributed by atoms with van der Waals surface area (Å²) in [5, 5.41) is 12.8. The summed E-state index contributed by atoms with van der Waals surface area (Å²) in [4.78, 5) is 11.0. The summed E-state index contributed by atoms with van der Waals surface area (Å²) in [6, 6.07) is 3.91. The van der Waals surface area contributed by atoms with Crippen molar-refractivity contribution in [1.82, 2.24) is 5.16 Å². The zero-order valence-corrected chi connectivity index (χ0v) is 9.45. The Bertz CT molecular complexity index is 594. The lowest BCUT2D eigenvalue weighted by Crippen LogP contribution is -2.00. The van der Waals surface area contributed by atoms with Crippen molar-refractivity contribution in [1.29, 1.82) is 0 Å². The van der Waals surface area contributed by atoms with Crippen molar-refractivity contribution < 1.29 is 18.8 Å². The second-order valence-corrected chi connectivity index (χ2v) is 3.83. The van der Waals surface area contributed by atoms with Gasteiger partial charge in [0.05, 0.1) is 0 Å². The number of rotatable bonds is 2. The first kappa shape index (κ1) is 11.6. The van der Waals surface area contributed by atoms with Gasteiger partial charge in [-0.25, -0.2) is 9.18 Å². The fourth-order valence-corrected chi connectivity index (χ4v) is 1.65. The molecule has 17 heavy (non-hydrogen) atoms. The Balaban J connectivity index is 2.65. The quantitative estimate of drug-likeness (QED) is 0.895. The Morgan fingerprint density at radius 2 is 2.24 bits per heavy atom. The van der Waals surface area contributed by atoms with E-state index < -0.39 is 11.8 Å². The molecule has 1 aromatic carbocycles. The van der Waals surface area contributed by atoms with Gasteiger partial charge in [-0.3, -0.25) is 0 Å². The van der Waals surface area contributed by atoms with Crippen molar-refractivity contribution in [3.63, 3.8) is 0 Å². The highest BCUT2D eigenvalue weighted by atomic mass is 35.5. The number of hydrogen-bond acceptors (Lipinski definition) is 3. The third-order valence-corrected chi connectivity index (χ3v) is 2.50. The van der Waals surface area contributed by atoms with Crippen LogP contribution < -0.4 is 0 Å². The second kappa shape index (κ2) is 4.18. The molecule has 0 spiro atoms. The van der Waals surface area contributed by atoms with E-state index in [4.69, 9.17) is 21.2 Å². The number of benzene rings is 1. The number of hydrogen-bond donors (Lipinski definition) is 1. The number of carbonyl (C=O) groups is 1. The zero-order valence-electron chi connectivity index (χ0n) is 8.70. The molecule has 0 radical (unpaired) electrons. The minimum absolute atomic E-state index is 0.0378. The van der Waals surface area contributed by atoms with E-state index in [1.807, 2.05) is 0 Å². The van der Waals surface area contributed by atoms with E-state index in [2.05, 4.69) is 5.16 Å². The number of carboxylic acids is 1. The Kier molecular flexibility index (Phi) is 2.85. The third kappa shape index (κ3) is 2.01. The molecule has 1 heterocycles. The minimum atomic E-state index is -1.21. The second-order valence-electron chi connectivity index (χ2n) is 3.39. The van der Waals surface area contributed by atoms with Gasteiger partial charge in [-0.2, -0.15) is 0 Å². The highest BCUT2D eigenvalue weighted by Gasteiger charge is 2.22. The first-order valence-electron chi connectivity index (χ1n) is 4.65. The third-order valence-electron chi connectivity index (χ3n) is 2.26. The average Bonchev–Trinajstić information content (AvgIpc) is 2.60. The molecule has 0 atom stereocenters. The molecule has 0 aliphatic rings. The number of halogens is 2. The van der Waals surface area contributed by atoms with Gasteiger partial charge in [0.1, 0.15) is 22.8 Å². The molecule has 4 nitrogen and oxygen atoms in total. The lowest BCUT2D eigenvalue weighted by molar-refractivity contribution is 0.0696. The van der Waals surface area contributed by atoms with Crippen LogP contribution in [0.15, 0.2) is 22.7 Å². The van der Waals surface area contributed by atoms with Crippen LogP contribution in [0.4, 0.5) is 4.39 Å². The molecule has 1 aromatic heterocycles. The van der Waals surface area contributed by atoms with Crippen molar-refractivity contribution in [3.05, 3.63) is 40.4 Å². The van der Waals surface area contributed by atoms with Crippen LogP contribution in [0.2, 0.25) is 5.02 Å². The van der Waals surface area contributed by atoms with E-state index in [0.29, 0.717) is 0 Å². The average molecular weight is 256 g/mol. The van der Waals surface area contributed by atoms with E-state index in [-0.39, 0.29) is 27.6 Å². The van der Waals surface area contributed by atoms with Gasteiger partial charge < -0.3 is 9.63 Å². The van der Waals surface area contributed by atoms with Crippen LogP contribution in [0.3, 0.4) is 0 Å². The van der Waals surface area contributed by atoms with Crippen LogP contribution in [0.25, 0.3) is 11.3 Å². The largest absolute Gasteiger partial charge is 0.477 e. The summed E-state index contributed by atoms with van der Waals surface area (Å²) >= 11 is 5.61. The smallest absolute Gasteiger partial charge is 0.341 e. The van der Waals surface area contributed by atoms with Crippen LogP contribution in [0, 0.1) is 12.7 Å². The molecule has 88 valence electrons.